The number of halogens is 1. The van der Waals surface area contributed by atoms with Crippen molar-refractivity contribution in [2.24, 2.45) is 0 Å². The number of fused-ring (bicyclic) bond motifs is 4. The minimum atomic E-state index is -1.03. The summed E-state index contributed by atoms with van der Waals surface area (Å²) in [6, 6.07) is 13.3. The summed E-state index contributed by atoms with van der Waals surface area (Å²) >= 11 is 5.99. The van der Waals surface area contributed by atoms with Crippen LogP contribution in [0.4, 0.5) is 5.69 Å². The number of hydrogen-bond acceptors (Lipinski definition) is 3. The molecule has 0 radical (unpaired) electrons. The van der Waals surface area contributed by atoms with Gasteiger partial charge in [0.2, 0.25) is 6.23 Å². The van der Waals surface area contributed by atoms with Gasteiger partial charge in [-0.1, -0.05) is 35.9 Å². The van der Waals surface area contributed by atoms with E-state index in [9.17, 15) is 5.11 Å². The molecule has 0 aromatic heterocycles. The predicted molar refractivity (Wildman–Crippen MR) is 73.5 cm³/mol. The molecule has 19 heavy (non-hydrogen) atoms. The Balaban J connectivity index is 1.85. The Morgan fingerprint density at radius 1 is 1.26 bits per heavy atom. The molecule has 0 fully saturated rings. The molecule has 0 bridgehead atoms. The molecule has 0 aliphatic carbocycles. The van der Waals surface area contributed by atoms with E-state index < -0.39 is 11.8 Å². The van der Waals surface area contributed by atoms with Crippen LogP contribution in [0.15, 0.2) is 42.5 Å². The number of aliphatic hydroxyl groups is 1. The molecule has 2 heterocycles. The molecule has 2 aromatic rings. The first kappa shape index (κ1) is 11.1. The fourth-order valence-electron chi connectivity index (χ4n) is 2.91. The van der Waals surface area contributed by atoms with E-state index in [0.29, 0.717) is 11.4 Å². The standard InChI is InChI=1S/C15H12ClNO2/c16-10-5-6-11-12(7-10)17-14-15(11,18)8-9-3-1-2-4-13(9)19-14/h1-7,14,17-18H,8H2/t14-,15+/m0/s1. The van der Waals surface area contributed by atoms with Crippen LogP contribution >= 0.6 is 11.6 Å². The van der Waals surface area contributed by atoms with E-state index in [4.69, 9.17) is 16.3 Å². The zero-order valence-corrected chi connectivity index (χ0v) is 10.8. The van der Waals surface area contributed by atoms with E-state index in [0.717, 1.165) is 22.6 Å². The van der Waals surface area contributed by atoms with Gasteiger partial charge in [0.15, 0.2) is 5.60 Å². The molecule has 2 aromatic carbocycles. The Bertz CT molecular complexity index is 673. The Morgan fingerprint density at radius 2 is 2.11 bits per heavy atom. The Labute approximate surface area is 115 Å². The van der Waals surface area contributed by atoms with Crippen molar-refractivity contribution in [2.45, 2.75) is 18.2 Å². The maximum atomic E-state index is 11.0. The highest BCUT2D eigenvalue weighted by molar-refractivity contribution is 6.30. The van der Waals surface area contributed by atoms with Crippen LogP contribution in [0.3, 0.4) is 0 Å². The molecule has 96 valence electrons. The summed E-state index contributed by atoms with van der Waals surface area (Å²) in [5.74, 6) is 0.823. The highest BCUT2D eigenvalue weighted by Gasteiger charge is 2.50. The third-order valence-electron chi connectivity index (χ3n) is 3.85. The van der Waals surface area contributed by atoms with Gasteiger partial charge < -0.3 is 15.2 Å². The summed E-state index contributed by atoms with van der Waals surface area (Å²) < 4.78 is 5.88. The van der Waals surface area contributed by atoms with E-state index >= 15 is 0 Å². The lowest BCUT2D eigenvalue weighted by molar-refractivity contribution is -0.0576. The van der Waals surface area contributed by atoms with Gasteiger partial charge in [0, 0.05) is 22.7 Å². The first-order chi connectivity index (χ1) is 9.17. The second-order valence-corrected chi connectivity index (χ2v) is 5.48. The molecule has 0 amide bonds. The van der Waals surface area contributed by atoms with Crippen molar-refractivity contribution < 1.29 is 9.84 Å². The van der Waals surface area contributed by atoms with Crippen molar-refractivity contribution in [3.63, 3.8) is 0 Å². The summed E-state index contributed by atoms with van der Waals surface area (Å²) in [5.41, 5.74) is 1.67. The van der Waals surface area contributed by atoms with Crippen molar-refractivity contribution in [3.05, 3.63) is 58.6 Å². The second-order valence-electron chi connectivity index (χ2n) is 5.04. The Kier molecular flexibility index (Phi) is 2.14. The summed E-state index contributed by atoms with van der Waals surface area (Å²) in [6.45, 7) is 0. The van der Waals surface area contributed by atoms with E-state index in [2.05, 4.69) is 5.32 Å². The smallest absolute Gasteiger partial charge is 0.203 e. The van der Waals surface area contributed by atoms with Crippen LogP contribution in [-0.2, 0) is 12.0 Å². The number of nitrogens with one attached hydrogen (secondary N) is 1. The number of benzene rings is 2. The summed E-state index contributed by atoms with van der Waals surface area (Å²) in [4.78, 5) is 0. The van der Waals surface area contributed by atoms with Crippen LogP contribution in [0.1, 0.15) is 11.1 Å². The van der Waals surface area contributed by atoms with Crippen LogP contribution in [-0.4, -0.2) is 11.3 Å². The molecule has 2 atom stereocenters. The zero-order chi connectivity index (χ0) is 13.0. The highest BCUT2D eigenvalue weighted by Crippen LogP contribution is 2.47. The SMILES string of the molecule is O[C@@]12Cc3ccccc3O[C@@H]1Nc1cc(Cl)ccc12. The second kappa shape index (κ2) is 3.65. The lowest BCUT2D eigenvalue weighted by Crippen LogP contribution is -2.47. The summed E-state index contributed by atoms with van der Waals surface area (Å²) in [7, 11) is 0. The van der Waals surface area contributed by atoms with Gasteiger partial charge in [-0.2, -0.15) is 0 Å². The van der Waals surface area contributed by atoms with Gasteiger partial charge >= 0.3 is 0 Å². The van der Waals surface area contributed by atoms with E-state index in [-0.39, 0.29) is 0 Å². The Morgan fingerprint density at radius 3 is 3.00 bits per heavy atom. The van der Waals surface area contributed by atoms with E-state index in [1.54, 1.807) is 6.07 Å². The molecule has 2 aliphatic heterocycles. The largest absolute Gasteiger partial charge is 0.467 e. The van der Waals surface area contributed by atoms with Crippen molar-refractivity contribution in [2.75, 3.05) is 5.32 Å². The fourth-order valence-corrected chi connectivity index (χ4v) is 3.08. The molecule has 0 saturated carbocycles. The van der Waals surface area contributed by atoms with Crippen LogP contribution in [0.25, 0.3) is 0 Å². The van der Waals surface area contributed by atoms with Crippen molar-refractivity contribution in [1.82, 2.24) is 0 Å². The minimum absolute atomic E-state index is 0.462. The molecule has 4 rings (SSSR count). The number of rotatable bonds is 0. The maximum Gasteiger partial charge on any atom is 0.203 e. The minimum Gasteiger partial charge on any atom is -0.467 e. The molecule has 2 aliphatic rings. The molecule has 0 saturated heterocycles. The zero-order valence-electron chi connectivity index (χ0n) is 10.1. The van der Waals surface area contributed by atoms with Gasteiger partial charge in [0.1, 0.15) is 5.75 Å². The summed E-state index contributed by atoms with van der Waals surface area (Å²) in [5, 5.41) is 14.8. The molecule has 0 spiro atoms. The predicted octanol–water partition coefficient (Wildman–Crippen LogP) is 2.91. The van der Waals surface area contributed by atoms with Crippen LogP contribution in [0, 0.1) is 0 Å². The van der Waals surface area contributed by atoms with Crippen LogP contribution < -0.4 is 10.1 Å². The monoisotopic (exact) mass is 273 g/mol. The van der Waals surface area contributed by atoms with Gasteiger partial charge in [-0.15, -0.1) is 0 Å². The van der Waals surface area contributed by atoms with Gasteiger partial charge in [0.25, 0.3) is 0 Å². The topological polar surface area (TPSA) is 41.5 Å². The lowest BCUT2D eigenvalue weighted by Gasteiger charge is -2.35. The van der Waals surface area contributed by atoms with Crippen molar-refractivity contribution >= 4 is 17.3 Å². The van der Waals surface area contributed by atoms with Crippen molar-refractivity contribution in [1.29, 1.82) is 0 Å². The van der Waals surface area contributed by atoms with Gasteiger partial charge in [0.05, 0.1) is 0 Å². The van der Waals surface area contributed by atoms with E-state index in [1.807, 2.05) is 36.4 Å². The maximum absolute atomic E-state index is 11.0. The first-order valence-electron chi connectivity index (χ1n) is 6.20. The fraction of sp³-hybridized carbons (Fsp3) is 0.200. The molecular weight excluding hydrogens is 262 g/mol. The van der Waals surface area contributed by atoms with Crippen LogP contribution in [0.5, 0.6) is 5.75 Å². The summed E-state index contributed by atoms with van der Waals surface area (Å²) in [6.07, 6.45) is 0.0750. The van der Waals surface area contributed by atoms with Gasteiger partial charge in [-0.3, -0.25) is 0 Å². The van der Waals surface area contributed by atoms with E-state index in [1.165, 1.54) is 0 Å². The number of ether oxygens (including phenoxy) is 1. The molecule has 2 N–H and O–H groups in total. The normalized spacial score (nSPS) is 26.7. The van der Waals surface area contributed by atoms with Crippen molar-refractivity contribution in [3.8, 4) is 5.75 Å². The van der Waals surface area contributed by atoms with Crippen LogP contribution in [0.2, 0.25) is 5.02 Å². The average Bonchev–Trinajstić information content (AvgIpc) is 2.66. The number of hydrogen-bond donors (Lipinski definition) is 2. The van der Waals surface area contributed by atoms with Gasteiger partial charge in [-0.05, 0) is 23.8 Å². The first-order valence-corrected chi connectivity index (χ1v) is 6.58. The number of para-hydroxylation sites is 1. The molecular formula is C15H12ClNO2. The quantitative estimate of drug-likeness (QED) is 0.775. The molecule has 3 nitrogen and oxygen atoms in total. The molecule has 4 heteroatoms. The average molecular weight is 274 g/mol. The van der Waals surface area contributed by atoms with Gasteiger partial charge in [-0.25, -0.2) is 0 Å². The Hall–Kier alpha value is -1.71. The number of anilines is 1. The third kappa shape index (κ3) is 1.49. The lowest BCUT2D eigenvalue weighted by atomic mass is 9.85. The molecule has 0 unspecified atom stereocenters. The third-order valence-corrected chi connectivity index (χ3v) is 4.08. The highest BCUT2D eigenvalue weighted by atomic mass is 35.5.